The highest BCUT2D eigenvalue weighted by molar-refractivity contribution is 4.95. The van der Waals surface area contributed by atoms with Gasteiger partial charge < -0.3 is 10.6 Å². The van der Waals surface area contributed by atoms with Crippen molar-refractivity contribution in [3.63, 3.8) is 0 Å². The molecule has 2 nitrogen and oxygen atoms in total. The quantitative estimate of drug-likeness (QED) is 0.815. The molecule has 3 rings (SSSR count). The minimum absolute atomic E-state index is 0.577. The molecule has 0 amide bonds. The van der Waals surface area contributed by atoms with Crippen LogP contribution in [0.25, 0.3) is 0 Å². The topological polar surface area (TPSA) is 24.1 Å². The molecule has 0 aromatic carbocycles. The monoisotopic (exact) mass is 264 g/mol. The zero-order valence-corrected chi connectivity index (χ0v) is 12.9. The van der Waals surface area contributed by atoms with Crippen molar-refractivity contribution in [2.75, 3.05) is 6.54 Å². The number of rotatable bonds is 3. The first-order valence-electron chi connectivity index (χ1n) is 8.63. The van der Waals surface area contributed by atoms with E-state index in [0.29, 0.717) is 5.41 Å². The molecule has 0 bridgehead atoms. The smallest absolute Gasteiger partial charge is 0.0113 e. The summed E-state index contributed by atoms with van der Waals surface area (Å²) >= 11 is 0. The predicted molar refractivity (Wildman–Crippen MR) is 81.3 cm³/mol. The summed E-state index contributed by atoms with van der Waals surface area (Å²) < 4.78 is 0. The Morgan fingerprint density at radius 2 is 1.84 bits per heavy atom. The average molecular weight is 264 g/mol. The Hall–Kier alpha value is -0.0800. The van der Waals surface area contributed by atoms with E-state index in [4.69, 9.17) is 0 Å². The molecule has 2 aliphatic carbocycles. The fraction of sp³-hybridized carbons (Fsp3) is 1.00. The van der Waals surface area contributed by atoms with Crippen molar-refractivity contribution < 1.29 is 0 Å². The minimum Gasteiger partial charge on any atom is -0.314 e. The standard InChI is InChI=1S/C17H32N2/c1-17(2)10-9-13(12-17)19-16-7-4-3-6-14(16)15-8-5-11-18-15/h13-16,18-19H,3-12H2,1-2H3. The summed E-state index contributed by atoms with van der Waals surface area (Å²) in [4.78, 5) is 0. The second-order valence-corrected chi connectivity index (χ2v) is 8.03. The third kappa shape index (κ3) is 3.33. The van der Waals surface area contributed by atoms with E-state index in [1.807, 2.05) is 0 Å². The van der Waals surface area contributed by atoms with Crippen LogP contribution in [0.4, 0.5) is 0 Å². The lowest BCUT2D eigenvalue weighted by Gasteiger charge is -2.38. The van der Waals surface area contributed by atoms with Gasteiger partial charge in [0.2, 0.25) is 0 Å². The molecular formula is C17H32N2. The summed E-state index contributed by atoms with van der Waals surface area (Å²) in [5.74, 6) is 0.903. The third-order valence-electron chi connectivity index (χ3n) is 5.85. The Morgan fingerprint density at radius 1 is 1.00 bits per heavy atom. The van der Waals surface area contributed by atoms with Gasteiger partial charge in [0.15, 0.2) is 0 Å². The van der Waals surface area contributed by atoms with Gasteiger partial charge in [0.05, 0.1) is 0 Å². The Kier molecular flexibility index (Phi) is 4.19. The molecular weight excluding hydrogens is 232 g/mol. The maximum absolute atomic E-state index is 4.06. The van der Waals surface area contributed by atoms with Crippen LogP contribution >= 0.6 is 0 Å². The molecule has 19 heavy (non-hydrogen) atoms. The van der Waals surface area contributed by atoms with Gasteiger partial charge in [-0.1, -0.05) is 26.7 Å². The van der Waals surface area contributed by atoms with Crippen molar-refractivity contribution in [2.45, 2.75) is 89.8 Å². The summed E-state index contributed by atoms with van der Waals surface area (Å²) in [5, 5.41) is 7.82. The van der Waals surface area contributed by atoms with Gasteiger partial charge in [-0.05, 0) is 62.8 Å². The van der Waals surface area contributed by atoms with Gasteiger partial charge in [-0.25, -0.2) is 0 Å². The molecule has 1 saturated heterocycles. The summed E-state index contributed by atoms with van der Waals surface area (Å²) in [6.45, 7) is 6.13. The SMILES string of the molecule is CC1(C)CCC(NC2CCCCC2C2CCCN2)C1. The van der Waals surface area contributed by atoms with Gasteiger partial charge in [0.1, 0.15) is 0 Å². The fourth-order valence-corrected chi connectivity index (χ4v) is 4.81. The van der Waals surface area contributed by atoms with Crippen molar-refractivity contribution in [3.8, 4) is 0 Å². The molecule has 2 heteroatoms. The molecule has 110 valence electrons. The van der Waals surface area contributed by atoms with E-state index in [0.717, 1.165) is 24.0 Å². The Morgan fingerprint density at radius 3 is 2.53 bits per heavy atom. The average Bonchev–Trinajstić information content (AvgIpc) is 3.00. The highest BCUT2D eigenvalue weighted by Gasteiger charge is 2.37. The summed E-state index contributed by atoms with van der Waals surface area (Å²) in [6.07, 6.45) is 12.8. The molecule has 3 aliphatic rings. The largest absolute Gasteiger partial charge is 0.314 e. The van der Waals surface area contributed by atoms with E-state index in [1.54, 1.807) is 0 Å². The normalized spacial score (nSPS) is 42.6. The van der Waals surface area contributed by atoms with Crippen LogP contribution in [0.2, 0.25) is 0 Å². The van der Waals surface area contributed by atoms with Crippen LogP contribution in [0.1, 0.15) is 71.6 Å². The number of hydrogen-bond acceptors (Lipinski definition) is 2. The second-order valence-electron chi connectivity index (χ2n) is 8.03. The van der Waals surface area contributed by atoms with E-state index in [1.165, 1.54) is 64.3 Å². The van der Waals surface area contributed by atoms with Crippen molar-refractivity contribution in [1.29, 1.82) is 0 Å². The van der Waals surface area contributed by atoms with Crippen LogP contribution in [0.3, 0.4) is 0 Å². The summed E-state index contributed by atoms with van der Waals surface area (Å²) in [7, 11) is 0. The van der Waals surface area contributed by atoms with Crippen molar-refractivity contribution in [1.82, 2.24) is 10.6 Å². The predicted octanol–water partition coefficient (Wildman–Crippen LogP) is 3.47. The fourth-order valence-electron chi connectivity index (χ4n) is 4.81. The highest BCUT2D eigenvalue weighted by atomic mass is 15.0. The second kappa shape index (κ2) is 5.73. The molecule has 4 unspecified atom stereocenters. The van der Waals surface area contributed by atoms with E-state index in [2.05, 4.69) is 24.5 Å². The first kappa shape index (κ1) is 13.9. The molecule has 2 N–H and O–H groups in total. The van der Waals surface area contributed by atoms with Crippen LogP contribution in [0, 0.1) is 11.3 Å². The Balaban J connectivity index is 1.58. The van der Waals surface area contributed by atoms with E-state index in [-0.39, 0.29) is 0 Å². The van der Waals surface area contributed by atoms with Gasteiger partial charge in [-0.2, -0.15) is 0 Å². The van der Waals surface area contributed by atoms with Gasteiger partial charge >= 0.3 is 0 Å². The molecule has 0 aromatic heterocycles. The third-order valence-corrected chi connectivity index (χ3v) is 5.85. The lowest BCUT2D eigenvalue weighted by Crippen LogP contribution is -2.49. The van der Waals surface area contributed by atoms with Crippen molar-refractivity contribution >= 4 is 0 Å². The van der Waals surface area contributed by atoms with E-state index in [9.17, 15) is 0 Å². The van der Waals surface area contributed by atoms with Crippen LogP contribution in [-0.4, -0.2) is 24.7 Å². The number of hydrogen-bond donors (Lipinski definition) is 2. The lowest BCUT2D eigenvalue weighted by molar-refractivity contribution is 0.197. The molecule has 1 heterocycles. The molecule has 0 spiro atoms. The lowest BCUT2D eigenvalue weighted by atomic mass is 9.79. The Labute approximate surface area is 119 Å². The molecule has 0 radical (unpaired) electrons. The molecule has 2 saturated carbocycles. The van der Waals surface area contributed by atoms with Crippen molar-refractivity contribution in [3.05, 3.63) is 0 Å². The van der Waals surface area contributed by atoms with Crippen LogP contribution in [-0.2, 0) is 0 Å². The van der Waals surface area contributed by atoms with Crippen molar-refractivity contribution in [2.24, 2.45) is 11.3 Å². The van der Waals surface area contributed by atoms with Gasteiger partial charge in [0.25, 0.3) is 0 Å². The molecule has 4 atom stereocenters. The molecule has 3 fully saturated rings. The van der Waals surface area contributed by atoms with Gasteiger partial charge in [-0.15, -0.1) is 0 Å². The van der Waals surface area contributed by atoms with Crippen LogP contribution in [0.15, 0.2) is 0 Å². The number of nitrogens with one attached hydrogen (secondary N) is 2. The highest BCUT2D eigenvalue weighted by Crippen LogP contribution is 2.38. The minimum atomic E-state index is 0.577. The first-order valence-corrected chi connectivity index (χ1v) is 8.63. The maximum Gasteiger partial charge on any atom is 0.0113 e. The van der Waals surface area contributed by atoms with Gasteiger partial charge in [-0.3, -0.25) is 0 Å². The van der Waals surface area contributed by atoms with E-state index < -0.39 is 0 Å². The first-order chi connectivity index (χ1) is 9.14. The molecule has 0 aromatic rings. The van der Waals surface area contributed by atoms with Crippen LogP contribution in [0.5, 0.6) is 0 Å². The summed E-state index contributed by atoms with van der Waals surface area (Å²) in [6, 6.07) is 2.40. The van der Waals surface area contributed by atoms with Gasteiger partial charge in [0, 0.05) is 18.1 Å². The molecule has 1 aliphatic heterocycles. The summed E-state index contributed by atoms with van der Waals surface area (Å²) in [5.41, 5.74) is 0.577. The zero-order chi connectivity index (χ0) is 13.3. The zero-order valence-electron chi connectivity index (χ0n) is 12.9. The maximum atomic E-state index is 4.06. The Bertz CT molecular complexity index is 294. The van der Waals surface area contributed by atoms with Crippen LogP contribution < -0.4 is 10.6 Å². The van der Waals surface area contributed by atoms with E-state index >= 15 is 0 Å².